The molecule has 0 fully saturated rings. The predicted octanol–water partition coefficient (Wildman–Crippen LogP) is 3.03. The van der Waals surface area contributed by atoms with Crippen molar-refractivity contribution < 1.29 is 0 Å². The first kappa shape index (κ1) is 11.4. The lowest BCUT2D eigenvalue weighted by molar-refractivity contribution is 0.498. The minimum atomic E-state index is 0.204. The van der Waals surface area contributed by atoms with Crippen LogP contribution in [-0.2, 0) is 6.54 Å². The van der Waals surface area contributed by atoms with Gasteiger partial charge in [-0.25, -0.2) is 0 Å². The van der Waals surface area contributed by atoms with Crippen molar-refractivity contribution in [2.45, 2.75) is 53.0 Å². The highest BCUT2D eigenvalue weighted by Crippen LogP contribution is 2.36. The summed E-state index contributed by atoms with van der Waals surface area (Å²) in [6.07, 6.45) is 0. The third kappa shape index (κ3) is 1.51. The molecule has 2 atom stereocenters. The average Bonchev–Trinajstić information content (AvgIpc) is 2.50. The number of fused-ring (bicyclic) bond motifs is 1. The number of nitrogens with zero attached hydrogens (tertiary/aromatic N) is 1. The molecule has 1 aromatic heterocycles. The van der Waals surface area contributed by atoms with Crippen molar-refractivity contribution in [1.82, 2.24) is 4.57 Å². The standard InChI is InChI=1S/C14H21NO/c1-8(2)12-6-9(3)14(16)15-7-10(4)11(5)13(12)15/h6,8,10-11H,7H2,1-5H3. The Kier molecular flexibility index (Phi) is 2.69. The second-order valence-electron chi connectivity index (χ2n) is 5.50. The summed E-state index contributed by atoms with van der Waals surface area (Å²) in [6, 6.07) is 2.09. The van der Waals surface area contributed by atoms with E-state index >= 15 is 0 Å². The van der Waals surface area contributed by atoms with Crippen molar-refractivity contribution >= 4 is 0 Å². The number of hydrogen-bond acceptors (Lipinski definition) is 1. The summed E-state index contributed by atoms with van der Waals surface area (Å²) in [5, 5.41) is 0. The molecule has 88 valence electrons. The van der Waals surface area contributed by atoms with Crippen molar-refractivity contribution in [3.05, 3.63) is 33.2 Å². The molecule has 0 N–H and O–H groups in total. The third-order valence-corrected chi connectivity index (χ3v) is 3.92. The quantitative estimate of drug-likeness (QED) is 0.711. The van der Waals surface area contributed by atoms with Gasteiger partial charge in [0.2, 0.25) is 0 Å². The molecule has 0 aliphatic carbocycles. The van der Waals surface area contributed by atoms with Gasteiger partial charge in [0.15, 0.2) is 0 Å². The van der Waals surface area contributed by atoms with Crippen LogP contribution in [0.5, 0.6) is 0 Å². The molecule has 0 bridgehead atoms. The van der Waals surface area contributed by atoms with Crippen molar-refractivity contribution in [2.24, 2.45) is 5.92 Å². The van der Waals surface area contributed by atoms with E-state index < -0.39 is 0 Å². The summed E-state index contributed by atoms with van der Waals surface area (Å²) < 4.78 is 2.00. The van der Waals surface area contributed by atoms with E-state index in [1.54, 1.807) is 0 Å². The summed E-state index contributed by atoms with van der Waals surface area (Å²) in [5.74, 6) is 1.57. The van der Waals surface area contributed by atoms with Gasteiger partial charge < -0.3 is 4.57 Å². The fourth-order valence-electron chi connectivity index (χ4n) is 2.72. The minimum Gasteiger partial charge on any atom is -0.312 e. The molecule has 2 nitrogen and oxygen atoms in total. The summed E-state index contributed by atoms with van der Waals surface area (Å²) in [4.78, 5) is 12.1. The number of aryl methyl sites for hydroxylation is 1. The van der Waals surface area contributed by atoms with Crippen LogP contribution in [0, 0.1) is 12.8 Å². The Labute approximate surface area is 97.3 Å². The van der Waals surface area contributed by atoms with E-state index in [-0.39, 0.29) is 5.56 Å². The summed E-state index contributed by atoms with van der Waals surface area (Å²) >= 11 is 0. The molecule has 1 aliphatic heterocycles. The van der Waals surface area contributed by atoms with Gasteiger partial charge in [-0.3, -0.25) is 4.79 Å². The molecule has 1 aliphatic rings. The molecule has 2 unspecified atom stereocenters. The molecule has 2 heteroatoms. The molecule has 0 saturated carbocycles. The average molecular weight is 219 g/mol. The Hall–Kier alpha value is -1.05. The Balaban J connectivity index is 2.73. The molecule has 0 aromatic carbocycles. The van der Waals surface area contributed by atoms with Gasteiger partial charge in [0.25, 0.3) is 5.56 Å². The molecule has 16 heavy (non-hydrogen) atoms. The number of aromatic nitrogens is 1. The second kappa shape index (κ2) is 3.76. The fraction of sp³-hybridized carbons (Fsp3) is 0.643. The van der Waals surface area contributed by atoms with Crippen LogP contribution in [0.1, 0.15) is 56.4 Å². The van der Waals surface area contributed by atoms with Crippen molar-refractivity contribution in [3.8, 4) is 0 Å². The predicted molar refractivity (Wildman–Crippen MR) is 67.1 cm³/mol. The number of hydrogen-bond donors (Lipinski definition) is 0. The highest BCUT2D eigenvalue weighted by atomic mass is 16.1. The first-order valence-electron chi connectivity index (χ1n) is 6.17. The van der Waals surface area contributed by atoms with Gasteiger partial charge in [-0.05, 0) is 30.4 Å². The SMILES string of the molecule is Cc1cc(C(C)C)c2n(c1=O)CC(C)C2C. The van der Waals surface area contributed by atoms with E-state index in [0.29, 0.717) is 17.8 Å². The topological polar surface area (TPSA) is 22.0 Å². The van der Waals surface area contributed by atoms with Gasteiger partial charge in [-0.1, -0.05) is 27.7 Å². The molecular weight excluding hydrogens is 198 g/mol. The molecular formula is C14H21NO. The van der Waals surface area contributed by atoms with Gasteiger partial charge in [0, 0.05) is 23.7 Å². The summed E-state index contributed by atoms with van der Waals surface area (Å²) in [5.41, 5.74) is 3.72. The first-order chi connectivity index (χ1) is 7.43. The summed E-state index contributed by atoms with van der Waals surface area (Å²) in [7, 11) is 0. The van der Waals surface area contributed by atoms with Gasteiger partial charge in [-0.2, -0.15) is 0 Å². The smallest absolute Gasteiger partial charge is 0.253 e. The summed E-state index contributed by atoms with van der Waals surface area (Å²) in [6.45, 7) is 11.7. The van der Waals surface area contributed by atoms with Gasteiger partial charge >= 0.3 is 0 Å². The van der Waals surface area contributed by atoms with Gasteiger partial charge in [-0.15, -0.1) is 0 Å². The minimum absolute atomic E-state index is 0.204. The Morgan fingerprint density at radius 1 is 1.38 bits per heavy atom. The molecule has 1 aromatic rings. The molecule has 2 heterocycles. The molecule has 0 amide bonds. The Bertz CT molecular complexity index is 470. The van der Waals surface area contributed by atoms with Crippen molar-refractivity contribution in [3.63, 3.8) is 0 Å². The normalized spacial score (nSPS) is 23.9. The lowest BCUT2D eigenvalue weighted by Gasteiger charge is -2.17. The van der Waals surface area contributed by atoms with Crippen LogP contribution in [0.4, 0.5) is 0 Å². The Morgan fingerprint density at radius 3 is 2.56 bits per heavy atom. The zero-order valence-electron chi connectivity index (χ0n) is 10.9. The van der Waals surface area contributed by atoms with Crippen molar-refractivity contribution in [2.75, 3.05) is 0 Å². The van der Waals surface area contributed by atoms with Crippen molar-refractivity contribution in [1.29, 1.82) is 0 Å². The lowest BCUT2D eigenvalue weighted by atomic mass is 9.90. The molecule has 0 radical (unpaired) electrons. The van der Waals surface area contributed by atoms with Gasteiger partial charge in [0.05, 0.1) is 0 Å². The van der Waals surface area contributed by atoms with Gasteiger partial charge in [0.1, 0.15) is 0 Å². The number of pyridine rings is 1. The zero-order valence-corrected chi connectivity index (χ0v) is 10.9. The molecule has 2 rings (SSSR count). The van der Waals surface area contributed by atoms with E-state index in [4.69, 9.17) is 0 Å². The van der Waals surface area contributed by atoms with Crippen LogP contribution in [0.25, 0.3) is 0 Å². The zero-order chi connectivity index (χ0) is 12.0. The van der Waals surface area contributed by atoms with Crippen LogP contribution in [0.2, 0.25) is 0 Å². The monoisotopic (exact) mass is 219 g/mol. The van der Waals surface area contributed by atoms with Crippen LogP contribution >= 0.6 is 0 Å². The maximum atomic E-state index is 12.1. The molecule has 0 saturated heterocycles. The number of rotatable bonds is 1. The first-order valence-corrected chi connectivity index (χ1v) is 6.17. The van der Waals surface area contributed by atoms with E-state index in [1.165, 1.54) is 11.3 Å². The largest absolute Gasteiger partial charge is 0.312 e. The van der Waals surface area contributed by atoms with Crippen LogP contribution in [0.3, 0.4) is 0 Å². The lowest BCUT2D eigenvalue weighted by Crippen LogP contribution is -2.23. The van der Waals surface area contributed by atoms with E-state index in [0.717, 1.165) is 12.1 Å². The third-order valence-electron chi connectivity index (χ3n) is 3.92. The van der Waals surface area contributed by atoms with E-state index in [2.05, 4.69) is 33.8 Å². The van der Waals surface area contributed by atoms with E-state index in [9.17, 15) is 4.79 Å². The Morgan fingerprint density at radius 2 is 2.00 bits per heavy atom. The highest BCUT2D eigenvalue weighted by molar-refractivity contribution is 5.33. The second-order valence-corrected chi connectivity index (χ2v) is 5.50. The maximum Gasteiger partial charge on any atom is 0.253 e. The fourth-order valence-corrected chi connectivity index (χ4v) is 2.72. The molecule has 0 spiro atoms. The van der Waals surface area contributed by atoms with Crippen LogP contribution < -0.4 is 5.56 Å². The van der Waals surface area contributed by atoms with Crippen LogP contribution in [0.15, 0.2) is 10.9 Å². The maximum absolute atomic E-state index is 12.1. The van der Waals surface area contributed by atoms with E-state index in [1.807, 2.05) is 11.5 Å². The highest BCUT2D eigenvalue weighted by Gasteiger charge is 2.30. The van der Waals surface area contributed by atoms with Crippen LogP contribution in [-0.4, -0.2) is 4.57 Å².